The van der Waals surface area contributed by atoms with Gasteiger partial charge < -0.3 is 5.21 Å². The number of aromatic nitrogens is 3. The highest BCUT2D eigenvalue weighted by atomic mass is 19.1. The molecule has 132 valence electrons. The zero-order chi connectivity index (χ0) is 18.1. The topological polar surface area (TPSA) is 66.5 Å². The highest BCUT2D eigenvalue weighted by Crippen LogP contribution is 2.26. The molecule has 0 aliphatic carbocycles. The Kier molecular flexibility index (Phi) is 4.32. The van der Waals surface area contributed by atoms with Gasteiger partial charge in [-0.1, -0.05) is 37.3 Å². The van der Waals surface area contributed by atoms with E-state index in [2.05, 4.69) is 15.2 Å². The Bertz CT molecular complexity index is 982. The number of para-hydroxylation sites is 1. The van der Waals surface area contributed by atoms with Gasteiger partial charge in [-0.2, -0.15) is 5.06 Å². The van der Waals surface area contributed by atoms with Crippen LogP contribution < -0.4 is 0 Å². The minimum atomic E-state index is -0.313. The predicted molar refractivity (Wildman–Crippen MR) is 95.0 cm³/mol. The van der Waals surface area contributed by atoms with Crippen LogP contribution in [0.4, 0.5) is 4.39 Å². The van der Waals surface area contributed by atoms with Gasteiger partial charge >= 0.3 is 0 Å². The molecule has 1 aliphatic rings. The van der Waals surface area contributed by atoms with E-state index in [0.717, 1.165) is 11.3 Å². The van der Waals surface area contributed by atoms with E-state index >= 15 is 0 Å². The normalized spacial score (nSPS) is 13.2. The van der Waals surface area contributed by atoms with Crippen molar-refractivity contribution in [2.45, 2.75) is 20.0 Å². The van der Waals surface area contributed by atoms with Crippen LogP contribution in [0.25, 0.3) is 5.69 Å². The first kappa shape index (κ1) is 16.6. The maximum absolute atomic E-state index is 14.4. The molecule has 0 spiro atoms. The molecule has 1 N–H and O–H groups in total. The summed E-state index contributed by atoms with van der Waals surface area (Å²) in [5, 5.41) is 19.5. The van der Waals surface area contributed by atoms with Crippen LogP contribution in [0.15, 0.2) is 53.5 Å². The number of hydroxylamine groups is 2. The molecule has 0 atom stereocenters. The van der Waals surface area contributed by atoms with E-state index in [-0.39, 0.29) is 18.9 Å². The van der Waals surface area contributed by atoms with Crippen molar-refractivity contribution >= 4 is 5.71 Å². The summed E-state index contributed by atoms with van der Waals surface area (Å²) in [5.74, 6) is 0.955. The fourth-order valence-corrected chi connectivity index (χ4v) is 3.10. The summed E-state index contributed by atoms with van der Waals surface area (Å²) in [6, 6.07) is 14.3. The lowest BCUT2D eigenvalue weighted by Crippen LogP contribution is -2.21. The quantitative estimate of drug-likeness (QED) is 0.734. The lowest BCUT2D eigenvalue weighted by molar-refractivity contribution is -0.0967. The molecule has 2 aromatic carbocycles. The maximum Gasteiger partial charge on any atom is 0.159 e. The molecule has 0 saturated carbocycles. The summed E-state index contributed by atoms with van der Waals surface area (Å²) < 4.78 is 16.3. The van der Waals surface area contributed by atoms with Gasteiger partial charge in [0.1, 0.15) is 12.4 Å². The second kappa shape index (κ2) is 6.78. The van der Waals surface area contributed by atoms with Crippen molar-refractivity contribution in [2.24, 2.45) is 4.99 Å². The predicted octanol–water partition coefficient (Wildman–Crippen LogP) is 2.97. The van der Waals surface area contributed by atoms with Gasteiger partial charge in [0.05, 0.1) is 17.9 Å². The minimum Gasteiger partial charge on any atom is -0.314 e. The molecule has 0 fully saturated rings. The fraction of sp³-hybridized carbons (Fsp3) is 0.211. The molecule has 0 unspecified atom stereocenters. The zero-order valence-corrected chi connectivity index (χ0v) is 14.3. The smallest absolute Gasteiger partial charge is 0.159 e. The van der Waals surface area contributed by atoms with Gasteiger partial charge in [0.2, 0.25) is 0 Å². The Morgan fingerprint density at radius 1 is 1.08 bits per heavy atom. The number of aliphatic imine (C=N–C) groups is 1. The van der Waals surface area contributed by atoms with E-state index in [1.54, 1.807) is 18.2 Å². The Morgan fingerprint density at radius 3 is 2.58 bits per heavy atom. The van der Waals surface area contributed by atoms with Crippen LogP contribution in [0.3, 0.4) is 0 Å². The molecule has 4 rings (SSSR count). The summed E-state index contributed by atoms with van der Waals surface area (Å²) in [5.41, 5.74) is 2.67. The van der Waals surface area contributed by atoms with E-state index < -0.39 is 0 Å². The average Bonchev–Trinajstić information content (AvgIpc) is 2.97. The second-order valence-electron chi connectivity index (χ2n) is 6.01. The standard InChI is InChI=1S/C19H18FN5O/c1-2-24(26)12-18-23-22-17-11-21-19(13-7-3-5-9-15(13)20)14-8-4-6-10-16(14)25(17)18/h3-10,26H,2,11-12H2,1H3. The van der Waals surface area contributed by atoms with Gasteiger partial charge in [0.25, 0.3) is 0 Å². The van der Waals surface area contributed by atoms with Crippen molar-refractivity contribution in [3.8, 4) is 5.69 Å². The molecule has 1 aliphatic heterocycles. The van der Waals surface area contributed by atoms with E-state index in [1.165, 1.54) is 11.1 Å². The number of halogens is 1. The largest absolute Gasteiger partial charge is 0.314 e. The molecule has 3 aromatic rings. The van der Waals surface area contributed by atoms with Crippen molar-refractivity contribution in [3.63, 3.8) is 0 Å². The minimum absolute atomic E-state index is 0.243. The van der Waals surface area contributed by atoms with Crippen molar-refractivity contribution in [1.82, 2.24) is 19.8 Å². The summed E-state index contributed by atoms with van der Waals surface area (Å²) in [7, 11) is 0. The van der Waals surface area contributed by atoms with Crippen molar-refractivity contribution in [1.29, 1.82) is 0 Å². The van der Waals surface area contributed by atoms with E-state index in [4.69, 9.17) is 0 Å². The van der Waals surface area contributed by atoms with E-state index in [0.29, 0.717) is 29.5 Å². The second-order valence-corrected chi connectivity index (χ2v) is 6.01. The molecule has 1 aromatic heterocycles. The van der Waals surface area contributed by atoms with Crippen LogP contribution in [0, 0.1) is 5.82 Å². The number of fused-ring (bicyclic) bond motifs is 3. The summed E-state index contributed by atoms with van der Waals surface area (Å²) in [6.07, 6.45) is 0. The summed E-state index contributed by atoms with van der Waals surface area (Å²) >= 11 is 0. The molecule has 0 amide bonds. The van der Waals surface area contributed by atoms with Gasteiger partial charge in [-0.3, -0.25) is 9.56 Å². The Hall–Kier alpha value is -2.90. The van der Waals surface area contributed by atoms with Gasteiger partial charge in [0, 0.05) is 17.7 Å². The third-order valence-electron chi connectivity index (χ3n) is 4.39. The number of nitrogens with zero attached hydrogens (tertiary/aromatic N) is 5. The average molecular weight is 351 g/mol. The van der Waals surface area contributed by atoms with Gasteiger partial charge in [-0.15, -0.1) is 10.2 Å². The molecule has 0 bridgehead atoms. The van der Waals surface area contributed by atoms with Crippen molar-refractivity contribution in [2.75, 3.05) is 6.54 Å². The van der Waals surface area contributed by atoms with E-state index in [9.17, 15) is 9.60 Å². The van der Waals surface area contributed by atoms with Crippen molar-refractivity contribution < 1.29 is 9.60 Å². The summed E-state index contributed by atoms with van der Waals surface area (Å²) in [4.78, 5) is 4.63. The lowest BCUT2D eigenvalue weighted by atomic mass is 10.00. The Labute approximate surface area is 150 Å². The van der Waals surface area contributed by atoms with Gasteiger partial charge in [-0.05, 0) is 18.2 Å². The first-order valence-electron chi connectivity index (χ1n) is 8.45. The Balaban J connectivity index is 1.88. The fourth-order valence-electron chi connectivity index (χ4n) is 3.10. The highest BCUT2D eigenvalue weighted by Gasteiger charge is 2.24. The van der Waals surface area contributed by atoms with Crippen LogP contribution in [0.1, 0.15) is 29.7 Å². The molecular formula is C19H18FN5O. The third kappa shape index (κ3) is 2.81. The van der Waals surface area contributed by atoms with Gasteiger partial charge in [-0.25, -0.2) is 4.39 Å². The number of rotatable bonds is 4. The van der Waals surface area contributed by atoms with Crippen LogP contribution in [-0.2, 0) is 13.1 Å². The van der Waals surface area contributed by atoms with Gasteiger partial charge in [0.15, 0.2) is 11.6 Å². The number of benzene rings is 2. The number of hydrogen-bond donors (Lipinski definition) is 1. The first-order valence-corrected chi connectivity index (χ1v) is 8.45. The molecular weight excluding hydrogens is 333 g/mol. The van der Waals surface area contributed by atoms with E-state index in [1.807, 2.05) is 35.8 Å². The van der Waals surface area contributed by atoms with Crippen LogP contribution in [0.2, 0.25) is 0 Å². The molecule has 7 heteroatoms. The maximum atomic E-state index is 14.4. The van der Waals surface area contributed by atoms with Crippen molar-refractivity contribution in [3.05, 3.63) is 77.1 Å². The van der Waals surface area contributed by atoms with Crippen LogP contribution in [-0.4, -0.2) is 37.3 Å². The third-order valence-corrected chi connectivity index (χ3v) is 4.39. The molecule has 26 heavy (non-hydrogen) atoms. The first-order chi connectivity index (χ1) is 12.7. The zero-order valence-electron chi connectivity index (χ0n) is 14.3. The van der Waals surface area contributed by atoms with Crippen LogP contribution >= 0.6 is 0 Å². The SMILES string of the molecule is CCN(O)Cc1nnc2n1-c1ccccc1C(c1ccccc1F)=NC2. The summed E-state index contributed by atoms with van der Waals surface area (Å²) in [6.45, 7) is 2.85. The number of hydrogen-bond acceptors (Lipinski definition) is 5. The lowest BCUT2D eigenvalue weighted by Gasteiger charge is -2.16. The molecule has 0 saturated heterocycles. The van der Waals surface area contributed by atoms with Crippen LogP contribution in [0.5, 0.6) is 0 Å². The molecule has 6 nitrogen and oxygen atoms in total. The molecule has 2 heterocycles. The Morgan fingerprint density at radius 2 is 1.81 bits per heavy atom. The monoisotopic (exact) mass is 351 g/mol. The highest BCUT2D eigenvalue weighted by molar-refractivity contribution is 6.15. The molecule has 0 radical (unpaired) electrons.